The van der Waals surface area contributed by atoms with Gasteiger partial charge < -0.3 is 31.0 Å². The Morgan fingerprint density at radius 2 is 1.87 bits per heavy atom. The number of carbonyl (C=O) groups is 1. The highest BCUT2D eigenvalue weighted by molar-refractivity contribution is 5.79. The summed E-state index contributed by atoms with van der Waals surface area (Å²) >= 11 is 0. The molecule has 15 heavy (non-hydrogen) atoms. The monoisotopic (exact) mass is 224 g/mol. The van der Waals surface area contributed by atoms with Crippen molar-refractivity contribution in [2.75, 3.05) is 6.61 Å². The van der Waals surface area contributed by atoms with Crippen LogP contribution in [-0.2, 0) is 9.63 Å². The molecule has 0 aromatic carbocycles. The minimum Gasteiger partial charge on any atom is -0.394 e. The average Bonchev–Trinajstić information content (AvgIpc) is 2.22. The van der Waals surface area contributed by atoms with E-state index in [0.717, 1.165) is 0 Å². The lowest BCUT2D eigenvalue weighted by molar-refractivity contribution is -0.155. The lowest BCUT2D eigenvalue weighted by Crippen LogP contribution is -2.51. The molecule has 0 aliphatic rings. The van der Waals surface area contributed by atoms with Crippen LogP contribution in [0.25, 0.3) is 0 Å². The van der Waals surface area contributed by atoms with Gasteiger partial charge in [-0.05, 0) is 0 Å². The summed E-state index contributed by atoms with van der Waals surface area (Å²) in [5.41, 5.74) is 4.73. The highest BCUT2D eigenvalue weighted by atomic mass is 16.7. The molecule has 9 heteroatoms. The molecular weight excluding hydrogens is 212 g/mol. The molecule has 0 fully saturated rings. The maximum absolute atomic E-state index is 10.6. The summed E-state index contributed by atoms with van der Waals surface area (Å²) in [4.78, 5) is 24.2. The van der Waals surface area contributed by atoms with Crippen LogP contribution in [-0.4, -0.2) is 57.4 Å². The molecule has 0 aromatic rings. The number of rotatable bonds is 7. The van der Waals surface area contributed by atoms with Gasteiger partial charge >= 0.3 is 0 Å². The number of primary amides is 1. The van der Waals surface area contributed by atoms with Crippen molar-refractivity contribution in [3.05, 3.63) is 4.91 Å². The van der Waals surface area contributed by atoms with E-state index in [2.05, 4.69) is 4.84 Å². The van der Waals surface area contributed by atoms with Crippen LogP contribution in [0.15, 0.2) is 5.34 Å². The molecule has 0 saturated carbocycles. The molecule has 0 saturated heterocycles. The normalized spacial score (nSPS) is 18.7. The number of amides is 1. The van der Waals surface area contributed by atoms with Gasteiger partial charge in [0, 0.05) is 0 Å². The van der Waals surface area contributed by atoms with Crippen molar-refractivity contribution >= 4 is 5.91 Å². The maximum Gasteiger partial charge on any atom is 0.264 e. The van der Waals surface area contributed by atoms with Gasteiger partial charge in [0.15, 0.2) is 5.34 Å². The van der Waals surface area contributed by atoms with Crippen LogP contribution in [0.4, 0.5) is 0 Å². The Hall–Kier alpha value is -1.29. The van der Waals surface area contributed by atoms with Crippen LogP contribution in [0.5, 0.6) is 0 Å². The van der Waals surface area contributed by atoms with Crippen LogP contribution in [0.2, 0.25) is 0 Å². The standard InChI is InChI=1S/C6H12N2O7/c7-6(13)5(15-8-14)4(12)3(11)2(10)1-9/h2-5,9-12H,1H2,(H2,7,13)/t2-,3-,4+,5-/m1/s1. The summed E-state index contributed by atoms with van der Waals surface area (Å²) in [6.45, 7) is -0.849. The Bertz CT molecular complexity index is 224. The number of hydrogen-bond acceptors (Lipinski definition) is 8. The van der Waals surface area contributed by atoms with E-state index in [0.29, 0.717) is 0 Å². The molecule has 9 nitrogen and oxygen atoms in total. The van der Waals surface area contributed by atoms with Crippen LogP contribution in [0.1, 0.15) is 0 Å². The number of aliphatic hydroxyl groups is 4. The highest BCUT2D eigenvalue weighted by Gasteiger charge is 2.36. The largest absolute Gasteiger partial charge is 0.394 e. The van der Waals surface area contributed by atoms with Gasteiger partial charge in [0.25, 0.3) is 5.91 Å². The molecular formula is C6H12N2O7. The zero-order valence-electron chi connectivity index (χ0n) is 7.55. The second kappa shape index (κ2) is 6.24. The van der Waals surface area contributed by atoms with Crippen LogP contribution in [0.3, 0.4) is 0 Å². The number of carbonyl (C=O) groups excluding carboxylic acids is 1. The Morgan fingerprint density at radius 3 is 2.20 bits per heavy atom. The quantitative estimate of drug-likeness (QED) is 0.222. The minimum absolute atomic E-state index is 0.849. The van der Waals surface area contributed by atoms with Gasteiger partial charge in [0.2, 0.25) is 6.10 Å². The fourth-order valence-corrected chi connectivity index (χ4v) is 0.844. The van der Waals surface area contributed by atoms with Crippen LogP contribution >= 0.6 is 0 Å². The molecule has 88 valence electrons. The summed E-state index contributed by atoms with van der Waals surface area (Å²) in [5.74, 6) is -1.24. The van der Waals surface area contributed by atoms with Crippen molar-refractivity contribution in [2.45, 2.75) is 24.4 Å². The van der Waals surface area contributed by atoms with Crippen molar-refractivity contribution in [2.24, 2.45) is 11.1 Å². The molecule has 0 heterocycles. The molecule has 4 atom stereocenters. The zero-order chi connectivity index (χ0) is 12.0. The molecule has 1 amide bonds. The van der Waals surface area contributed by atoms with Crippen LogP contribution in [0, 0.1) is 4.91 Å². The molecule has 0 aliphatic carbocycles. The molecule has 0 aliphatic heterocycles. The van der Waals surface area contributed by atoms with E-state index in [-0.39, 0.29) is 0 Å². The molecule has 0 unspecified atom stereocenters. The van der Waals surface area contributed by atoms with Crippen molar-refractivity contribution in [1.82, 2.24) is 0 Å². The number of nitrogens with zero attached hydrogens (tertiary/aromatic N) is 1. The molecule has 0 spiro atoms. The summed E-state index contributed by atoms with van der Waals surface area (Å²) in [5, 5.41) is 37.6. The number of hydrogen-bond donors (Lipinski definition) is 5. The van der Waals surface area contributed by atoms with E-state index in [1.165, 1.54) is 0 Å². The molecule has 0 aromatic heterocycles. The molecule has 0 bridgehead atoms. The molecule has 6 N–H and O–H groups in total. The van der Waals surface area contributed by atoms with Crippen molar-refractivity contribution < 1.29 is 30.1 Å². The topological polar surface area (TPSA) is 163 Å². The van der Waals surface area contributed by atoms with Crippen molar-refractivity contribution in [3.63, 3.8) is 0 Å². The number of nitrogens with two attached hydrogens (primary N) is 1. The van der Waals surface area contributed by atoms with Gasteiger partial charge in [-0.3, -0.25) is 4.79 Å². The van der Waals surface area contributed by atoms with E-state index in [4.69, 9.17) is 21.1 Å². The summed E-state index contributed by atoms with van der Waals surface area (Å²) < 4.78 is 0. The fraction of sp³-hybridized carbons (Fsp3) is 0.833. The predicted molar refractivity (Wildman–Crippen MR) is 45.0 cm³/mol. The predicted octanol–water partition coefficient (Wildman–Crippen LogP) is -3.39. The van der Waals surface area contributed by atoms with Gasteiger partial charge in [-0.2, -0.15) is 0 Å². The summed E-state index contributed by atoms with van der Waals surface area (Å²) in [6.07, 6.45) is -7.45. The first kappa shape index (κ1) is 13.7. The van der Waals surface area contributed by atoms with E-state index in [1.807, 2.05) is 5.34 Å². The molecule has 0 radical (unpaired) electrons. The van der Waals surface area contributed by atoms with E-state index in [9.17, 15) is 14.8 Å². The smallest absolute Gasteiger partial charge is 0.264 e. The van der Waals surface area contributed by atoms with Gasteiger partial charge in [0.1, 0.15) is 18.3 Å². The van der Waals surface area contributed by atoms with E-state index < -0.39 is 36.9 Å². The third kappa shape index (κ3) is 3.75. The van der Waals surface area contributed by atoms with Gasteiger partial charge in [0.05, 0.1) is 6.61 Å². The third-order valence-corrected chi connectivity index (χ3v) is 1.68. The van der Waals surface area contributed by atoms with E-state index >= 15 is 0 Å². The first-order valence-electron chi connectivity index (χ1n) is 3.88. The highest BCUT2D eigenvalue weighted by Crippen LogP contribution is 2.08. The van der Waals surface area contributed by atoms with Crippen LogP contribution < -0.4 is 5.73 Å². The third-order valence-electron chi connectivity index (χ3n) is 1.68. The maximum atomic E-state index is 10.6. The Kier molecular flexibility index (Phi) is 5.70. The zero-order valence-corrected chi connectivity index (χ0v) is 7.55. The first-order chi connectivity index (χ1) is 6.95. The average molecular weight is 224 g/mol. The van der Waals surface area contributed by atoms with Gasteiger partial charge in [-0.1, -0.05) is 0 Å². The Labute approximate surface area is 84.0 Å². The molecule has 0 rings (SSSR count). The lowest BCUT2D eigenvalue weighted by atomic mass is 10.0. The van der Waals surface area contributed by atoms with Crippen molar-refractivity contribution in [1.29, 1.82) is 0 Å². The minimum atomic E-state index is -1.97. The van der Waals surface area contributed by atoms with Crippen molar-refractivity contribution in [3.8, 4) is 0 Å². The second-order valence-corrected chi connectivity index (χ2v) is 2.73. The van der Waals surface area contributed by atoms with Gasteiger partial charge in [-0.15, -0.1) is 4.91 Å². The lowest BCUT2D eigenvalue weighted by Gasteiger charge is -2.24. The Balaban J connectivity index is 4.54. The number of aliphatic hydroxyl groups excluding tert-OH is 4. The summed E-state index contributed by atoms with van der Waals surface area (Å²) in [7, 11) is 0. The summed E-state index contributed by atoms with van der Waals surface area (Å²) in [6, 6.07) is 0. The first-order valence-corrected chi connectivity index (χ1v) is 3.88. The van der Waals surface area contributed by atoms with Gasteiger partial charge in [-0.25, -0.2) is 0 Å². The SMILES string of the molecule is NC(=O)[C@H](ON=O)[C@@H](O)[C@H](O)[C@H](O)CO. The fourth-order valence-electron chi connectivity index (χ4n) is 0.844. The van der Waals surface area contributed by atoms with E-state index in [1.54, 1.807) is 0 Å². The second-order valence-electron chi connectivity index (χ2n) is 2.73. The Morgan fingerprint density at radius 1 is 1.33 bits per heavy atom.